The number of fused-ring (bicyclic) bond motifs is 1. The van der Waals surface area contributed by atoms with Gasteiger partial charge in [0, 0.05) is 12.1 Å². The second kappa shape index (κ2) is 6.48. The molecule has 0 aliphatic heterocycles. The zero-order chi connectivity index (χ0) is 18.1. The van der Waals surface area contributed by atoms with Crippen LogP contribution in [0.4, 0.5) is 0 Å². The number of nitrogens with zero attached hydrogens (tertiary/aromatic N) is 3. The molecule has 0 saturated heterocycles. The van der Waals surface area contributed by atoms with Gasteiger partial charge in [-0.15, -0.1) is 0 Å². The molecule has 2 heterocycles. The molecular formula is C20H18N4O2. The van der Waals surface area contributed by atoms with Crippen LogP contribution in [0.15, 0.2) is 70.3 Å². The Morgan fingerprint density at radius 1 is 0.923 bits per heavy atom. The summed E-state index contributed by atoms with van der Waals surface area (Å²) in [6.07, 6.45) is 0. The first-order valence-electron chi connectivity index (χ1n) is 8.51. The van der Waals surface area contributed by atoms with Crippen LogP contribution in [0.5, 0.6) is 0 Å². The van der Waals surface area contributed by atoms with Gasteiger partial charge in [-0.05, 0) is 12.5 Å². The molecule has 130 valence electrons. The number of nitrogens with one attached hydrogen (secondary N) is 1. The molecule has 0 radical (unpaired) electrons. The van der Waals surface area contributed by atoms with Gasteiger partial charge in [0.15, 0.2) is 11.2 Å². The average Bonchev–Trinajstić information content (AvgIpc) is 3.07. The fourth-order valence-electron chi connectivity index (χ4n) is 3.20. The van der Waals surface area contributed by atoms with Crippen molar-refractivity contribution >= 4 is 11.2 Å². The molecule has 4 aromatic rings. The fourth-order valence-corrected chi connectivity index (χ4v) is 3.20. The van der Waals surface area contributed by atoms with Crippen molar-refractivity contribution < 1.29 is 0 Å². The maximum atomic E-state index is 12.5. The summed E-state index contributed by atoms with van der Waals surface area (Å²) in [5.41, 5.74) is 1.83. The fraction of sp³-hybridized carbons (Fsp3) is 0.150. The zero-order valence-electron chi connectivity index (χ0n) is 14.3. The standard InChI is InChI=1S/C20H18N4O2/c1-2-23-16-18(21-17(23)15-11-7-4-8-12-15)24(20(26)22-19(16)25)13-14-9-5-3-6-10-14/h3-12H,2,13H2,1H3,(H,22,25,26). The van der Waals surface area contributed by atoms with E-state index in [0.717, 1.165) is 11.1 Å². The van der Waals surface area contributed by atoms with E-state index in [-0.39, 0.29) is 0 Å². The minimum absolute atomic E-state index is 0.349. The summed E-state index contributed by atoms with van der Waals surface area (Å²) >= 11 is 0. The summed E-state index contributed by atoms with van der Waals surface area (Å²) in [5.74, 6) is 0.681. The molecule has 6 nitrogen and oxygen atoms in total. The summed E-state index contributed by atoms with van der Waals surface area (Å²) in [4.78, 5) is 32.1. The minimum Gasteiger partial charge on any atom is -0.318 e. The lowest BCUT2D eigenvalue weighted by Gasteiger charge is -2.07. The molecule has 0 unspecified atom stereocenters. The number of aromatic amines is 1. The molecule has 0 spiro atoms. The Labute approximate surface area is 149 Å². The van der Waals surface area contributed by atoms with Crippen LogP contribution >= 0.6 is 0 Å². The van der Waals surface area contributed by atoms with Crippen LogP contribution in [-0.4, -0.2) is 19.1 Å². The number of hydrogen-bond acceptors (Lipinski definition) is 3. The van der Waals surface area contributed by atoms with Gasteiger partial charge in [0.2, 0.25) is 0 Å². The summed E-state index contributed by atoms with van der Waals surface area (Å²) < 4.78 is 3.37. The van der Waals surface area contributed by atoms with E-state index in [2.05, 4.69) is 9.97 Å². The second-order valence-corrected chi connectivity index (χ2v) is 6.05. The molecule has 0 amide bonds. The topological polar surface area (TPSA) is 72.7 Å². The van der Waals surface area contributed by atoms with E-state index < -0.39 is 11.2 Å². The van der Waals surface area contributed by atoms with Gasteiger partial charge in [-0.2, -0.15) is 0 Å². The number of imidazole rings is 1. The van der Waals surface area contributed by atoms with Crippen LogP contribution in [0.3, 0.4) is 0 Å². The molecule has 26 heavy (non-hydrogen) atoms. The molecule has 2 aromatic carbocycles. The number of rotatable bonds is 4. The van der Waals surface area contributed by atoms with E-state index in [1.165, 1.54) is 4.57 Å². The normalized spacial score (nSPS) is 11.1. The van der Waals surface area contributed by atoms with E-state index >= 15 is 0 Å². The maximum absolute atomic E-state index is 12.5. The Morgan fingerprint density at radius 2 is 1.58 bits per heavy atom. The summed E-state index contributed by atoms with van der Waals surface area (Å²) in [7, 11) is 0. The SMILES string of the molecule is CCn1c(-c2ccccc2)nc2c1c(=O)[nH]c(=O)n2Cc1ccccc1. The Morgan fingerprint density at radius 3 is 2.23 bits per heavy atom. The van der Waals surface area contributed by atoms with Crippen molar-refractivity contribution in [1.29, 1.82) is 0 Å². The first-order chi connectivity index (χ1) is 12.7. The van der Waals surface area contributed by atoms with Crippen LogP contribution in [-0.2, 0) is 13.1 Å². The average molecular weight is 346 g/mol. The third-order valence-electron chi connectivity index (χ3n) is 4.42. The van der Waals surface area contributed by atoms with Crippen molar-refractivity contribution in [2.75, 3.05) is 0 Å². The van der Waals surface area contributed by atoms with Crippen LogP contribution in [0, 0.1) is 0 Å². The van der Waals surface area contributed by atoms with Crippen molar-refractivity contribution in [3.63, 3.8) is 0 Å². The summed E-state index contributed by atoms with van der Waals surface area (Å²) in [5, 5.41) is 0. The molecule has 0 aliphatic rings. The number of aromatic nitrogens is 4. The van der Waals surface area contributed by atoms with Gasteiger partial charge in [0.25, 0.3) is 5.56 Å². The highest BCUT2D eigenvalue weighted by Gasteiger charge is 2.18. The van der Waals surface area contributed by atoms with E-state index in [0.29, 0.717) is 30.1 Å². The molecule has 6 heteroatoms. The highest BCUT2D eigenvalue weighted by Crippen LogP contribution is 2.22. The third kappa shape index (κ3) is 2.65. The molecular weight excluding hydrogens is 328 g/mol. The molecule has 0 bridgehead atoms. The molecule has 0 saturated carbocycles. The van der Waals surface area contributed by atoms with Gasteiger partial charge in [-0.3, -0.25) is 14.3 Å². The van der Waals surface area contributed by atoms with Crippen molar-refractivity contribution in [2.45, 2.75) is 20.0 Å². The van der Waals surface area contributed by atoms with Crippen molar-refractivity contribution in [3.8, 4) is 11.4 Å². The predicted octanol–water partition coefficient (Wildman–Crippen LogP) is 2.62. The van der Waals surface area contributed by atoms with Crippen LogP contribution in [0.25, 0.3) is 22.6 Å². The smallest absolute Gasteiger partial charge is 0.318 e. The highest BCUT2D eigenvalue weighted by atomic mass is 16.2. The highest BCUT2D eigenvalue weighted by molar-refractivity contribution is 5.77. The van der Waals surface area contributed by atoms with Gasteiger partial charge < -0.3 is 4.57 Å². The largest absolute Gasteiger partial charge is 0.330 e. The summed E-state index contributed by atoms with van der Waals surface area (Å²) in [6, 6.07) is 19.3. The van der Waals surface area contributed by atoms with Crippen LogP contribution in [0.2, 0.25) is 0 Å². The van der Waals surface area contributed by atoms with Crippen LogP contribution < -0.4 is 11.2 Å². The molecule has 0 atom stereocenters. The predicted molar refractivity (Wildman–Crippen MR) is 101 cm³/mol. The van der Waals surface area contributed by atoms with E-state index in [4.69, 9.17) is 0 Å². The van der Waals surface area contributed by atoms with E-state index in [9.17, 15) is 9.59 Å². The van der Waals surface area contributed by atoms with Gasteiger partial charge in [-0.25, -0.2) is 9.78 Å². The molecule has 1 N–H and O–H groups in total. The lowest BCUT2D eigenvalue weighted by molar-refractivity contribution is 0.743. The van der Waals surface area contributed by atoms with Crippen LogP contribution in [0.1, 0.15) is 12.5 Å². The van der Waals surface area contributed by atoms with Crippen molar-refractivity contribution in [2.24, 2.45) is 0 Å². The molecule has 2 aromatic heterocycles. The monoisotopic (exact) mass is 346 g/mol. The second-order valence-electron chi connectivity index (χ2n) is 6.05. The molecule has 0 fully saturated rings. The first-order valence-corrected chi connectivity index (χ1v) is 8.51. The van der Waals surface area contributed by atoms with Crippen molar-refractivity contribution in [1.82, 2.24) is 19.1 Å². The van der Waals surface area contributed by atoms with Crippen molar-refractivity contribution in [3.05, 3.63) is 87.1 Å². The lowest BCUT2D eigenvalue weighted by atomic mass is 10.2. The van der Waals surface area contributed by atoms with Gasteiger partial charge in [0.05, 0.1) is 6.54 Å². The number of aryl methyl sites for hydroxylation is 1. The Bertz CT molecular complexity index is 1170. The number of benzene rings is 2. The van der Waals surface area contributed by atoms with Gasteiger partial charge in [0.1, 0.15) is 5.82 Å². The maximum Gasteiger partial charge on any atom is 0.330 e. The summed E-state index contributed by atoms with van der Waals surface area (Å²) in [6.45, 7) is 2.88. The molecule has 4 rings (SSSR count). The first kappa shape index (κ1) is 16.1. The van der Waals surface area contributed by atoms with E-state index in [1.807, 2.05) is 72.2 Å². The molecule has 0 aliphatic carbocycles. The lowest BCUT2D eigenvalue weighted by Crippen LogP contribution is -2.31. The number of hydrogen-bond donors (Lipinski definition) is 1. The van der Waals surface area contributed by atoms with Gasteiger partial charge >= 0.3 is 5.69 Å². The van der Waals surface area contributed by atoms with Gasteiger partial charge in [-0.1, -0.05) is 60.7 Å². The Hall–Kier alpha value is -3.41. The van der Waals surface area contributed by atoms with E-state index in [1.54, 1.807) is 0 Å². The number of H-pyrrole nitrogens is 1. The minimum atomic E-state index is -0.452. The Balaban J connectivity index is 2.00. The Kier molecular flexibility index (Phi) is 4.01. The third-order valence-corrected chi connectivity index (χ3v) is 4.42. The quantitative estimate of drug-likeness (QED) is 0.617. The zero-order valence-corrected chi connectivity index (χ0v) is 14.3.